The molecule has 198 valence electrons. The van der Waals surface area contributed by atoms with E-state index in [0.717, 1.165) is 0 Å². The second-order valence-corrected chi connectivity index (χ2v) is 12.3. The Morgan fingerprint density at radius 2 is 1.15 bits per heavy atom. The maximum absolute atomic E-state index is 12.7. The molecule has 0 radical (unpaired) electrons. The van der Waals surface area contributed by atoms with E-state index < -0.39 is 0 Å². The van der Waals surface area contributed by atoms with Crippen LogP contribution in [0.3, 0.4) is 0 Å². The normalized spacial score (nSPS) is 13.3. The summed E-state index contributed by atoms with van der Waals surface area (Å²) < 4.78 is 20.3. The van der Waals surface area contributed by atoms with E-state index >= 15 is 0 Å². The Hall–Kier alpha value is -2.58. The first-order valence-electron chi connectivity index (χ1n) is 11.2. The van der Waals surface area contributed by atoms with Gasteiger partial charge in [0, 0.05) is 28.2 Å². The molecule has 0 aliphatic carbocycles. The first-order valence-corrected chi connectivity index (χ1v) is 14.4. The van der Waals surface area contributed by atoms with Gasteiger partial charge in [-0.3, -0.25) is 18.3 Å². The lowest BCUT2D eigenvalue weighted by molar-refractivity contribution is 0.449. The van der Waals surface area contributed by atoms with E-state index in [1.807, 2.05) is 0 Å². The van der Waals surface area contributed by atoms with E-state index in [4.69, 9.17) is 42.7 Å². The van der Waals surface area contributed by atoms with Gasteiger partial charge in [-0.05, 0) is 53.9 Å². The van der Waals surface area contributed by atoms with Crippen molar-refractivity contribution in [2.24, 2.45) is 38.2 Å². The predicted molar refractivity (Wildman–Crippen MR) is 158 cm³/mol. The van der Waals surface area contributed by atoms with Gasteiger partial charge >= 0.3 is 11.4 Å². The molecule has 2 aromatic heterocycles. The van der Waals surface area contributed by atoms with Gasteiger partial charge < -0.3 is 9.47 Å². The van der Waals surface area contributed by atoms with Gasteiger partial charge in [-0.25, -0.2) is 19.6 Å². The molecule has 15 heteroatoms. The van der Waals surface area contributed by atoms with Crippen LogP contribution in [0.1, 0.15) is 0 Å². The number of aromatic nitrogens is 4. The summed E-state index contributed by atoms with van der Waals surface area (Å²) in [5.41, 5.74) is 3.04. The molecule has 7 rings (SSSR count). The van der Waals surface area contributed by atoms with Crippen LogP contribution in [0, 0.1) is 0 Å². The quantitative estimate of drug-likeness (QED) is 0.196. The third-order valence-corrected chi connectivity index (χ3v) is 9.97. The number of hydrogen-bond acceptors (Lipinski definition) is 6. The number of nitrogens with zero attached hydrogens (tertiary/aromatic N) is 6. The summed E-state index contributed by atoms with van der Waals surface area (Å²) in [5.74, 6) is 1.15. The molecule has 2 aliphatic heterocycles. The summed E-state index contributed by atoms with van der Waals surface area (Å²) in [4.78, 5) is 34.8. The highest BCUT2D eigenvalue weighted by Gasteiger charge is 2.32. The van der Waals surface area contributed by atoms with E-state index in [2.05, 4.69) is 47.8 Å². The number of aryl methyl sites for hydroxylation is 4. The first-order chi connectivity index (χ1) is 18.4. The molecular weight excluding hydrogens is 747 g/mol. The van der Waals surface area contributed by atoms with E-state index in [9.17, 15) is 9.59 Å². The minimum absolute atomic E-state index is 0.142. The Labute approximate surface area is 253 Å². The average Bonchev–Trinajstić information content (AvgIpc) is 3.28. The van der Waals surface area contributed by atoms with Crippen molar-refractivity contribution < 1.29 is 9.47 Å². The monoisotopic (exact) mass is 756 g/mol. The Kier molecular flexibility index (Phi) is 5.36. The third-order valence-electron chi connectivity index (χ3n) is 7.04. The van der Waals surface area contributed by atoms with Crippen LogP contribution in [0.25, 0.3) is 22.1 Å². The summed E-state index contributed by atoms with van der Waals surface area (Å²) >= 11 is 24.5. The summed E-state index contributed by atoms with van der Waals surface area (Å²) in [5, 5.41) is 0.807. The molecule has 39 heavy (non-hydrogen) atoms. The Bertz CT molecular complexity index is 2280. The standard InChI is InChI=1S/C24H13Br3Cl2N6O4/c1-32-7-5-6-19(9(26)16(7)33(2)23(32)36)38-21-12(29)15-22(11(28)14(21)30-6)39-20-10(27)18-17(8(25)13(20)31-15)34(3)24(37)35(18)4/h5H,1-4H3. The molecule has 4 heterocycles. The molecule has 0 spiro atoms. The van der Waals surface area contributed by atoms with Crippen LogP contribution in [0.15, 0.2) is 39.1 Å². The van der Waals surface area contributed by atoms with Crippen molar-refractivity contribution in [3.05, 3.63) is 61.2 Å². The van der Waals surface area contributed by atoms with Crippen LogP contribution in [0.4, 0.5) is 11.4 Å². The van der Waals surface area contributed by atoms with Crippen molar-refractivity contribution in [3.8, 4) is 23.0 Å². The highest BCUT2D eigenvalue weighted by Crippen LogP contribution is 2.52. The van der Waals surface area contributed by atoms with Crippen molar-refractivity contribution in [1.29, 1.82) is 0 Å². The van der Waals surface area contributed by atoms with Gasteiger partial charge in [-0.1, -0.05) is 23.2 Å². The lowest BCUT2D eigenvalue weighted by Crippen LogP contribution is -2.22. The SMILES string of the molecule is Cn1c(=O)n(C)c2c(Br)c3c(cc21)N=c1c(Cl)c2c(c(Cl)c1O3)=Nc1c(c(Br)c3c(c1Br)n(C)c(=O)n3C)O2. The topological polar surface area (TPSA) is 97.0 Å². The number of ether oxygens (including phenoxy) is 2. The van der Waals surface area contributed by atoms with Gasteiger partial charge in [-0.2, -0.15) is 0 Å². The Morgan fingerprint density at radius 1 is 0.667 bits per heavy atom. The molecule has 3 aromatic carbocycles. The molecule has 5 aromatic rings. The summed E-state index contributed by atoms with van der Waals surface area (Å²) in [6.07, 6.45) is 0. The number of imidazole rings is 2. The van der Waals surface area contributed by atoms with Crippen LogP contribution in [0.2, 0.25) is 10.0 Å². The molecule has 0 saturated carbocycles. The maximum Gasteiger partial charge on any atom is 0.328 e. The zero-order chi connectivity index (χ0) is 27.8. The molecule has 0 atom stereocenters. The summed E-state index contributed by atoms with van der Waals surface area (Å²) in [7, 11) is 6.72. The smallest absolute Gasteiger partial charge is 0.328 e. The largest absolute Gasteiger partial charge is 0.450 e. The Balaban J connectivity index is 1.55. The van der Waals surface area contributed by atoms with Gasteiger partial charge in [0.15, 0.2) is 23.0 Å². The van der Waals surface area contributed by atoms with Crippen LogP contribution in [0.5, 0.6) is 23.0 Å². The summed E-state index contributed by atoms with van der Waals surface area (Å²) in [6, 6.07) is 1.75. The molecule has 0 amide bonds. The van der Waals surface area contributed by atoms with E-state index in [1.54, 1.807) is 34.3 Å². The zero-order valence-corrected chi connectivity index (χ0v) is 26.6. The van der Waals surface area contributed by atoms with Gasteiger partial charge in [0.25, 0.3) is 0 Å². The molecule has 0 N–H and O–H groups in total. The van der Waals surface area contributed by atoms with Gasteiger partial charge in [0.05, 0.1) is 35.5 Å². The second-order valence-electron chi connectivity index (χ2n) is 9.12. The molecule has 0 saturated heterocycles. The average molecular weight is 760 g/mol. The highest BCUT2D eigenvalue weighted by atomic mass is 79.9. The van der Waals surface area contributed by atoms with Gasteiger partial charge in [0.1, 0.15) is 32.1 Å². The molecular formula is C24H13Br3Cl2N6O4. The number of benzene rings is 3. The minimum Gasteiger partial charge on any atom is -0.450 e. The van der Waals surface area contributed by atoms with Crippen LogP contribution in [-0.4, -0.2) is 18.3 Å². The zero-order valence-electron chi connectivity index (χ0n) is 20.3. The molecule has 10 nitrogen and oxygen atoms in total. The third kappa shape index (κ3) is 3.08. The second kappa shape index (κ2) is 8.23. The van der Waals surface area contributed by atoms with Crippen LogP contribution in [-0.2, 0) is 28.2 Å². The minimum atomic E-state index is -0.210. The van der Waals surface area contributed by atoms with Gasteiger partial charge in [0.2, 0.25) is 0 Å². The van der Waals surface area contributed by atoms with Crippen molar-refractivity contribution in [2.75, 3.05) is 0 Å². The fourth-order valence-electron chi connectivity index (χ4n) is 5.07. The summed E-state index contributed by atoms with van der Waals surface area (Å²) in [6.45, 7) is 0. The van der Waals surface area contributed by atoms with Crippen LogP contribution >= 0.6 is 71.0 Å². The van der Waals surface area contributed by atoms with Crippen molar-refractivity contribution in [3.63, 3.8) is 0 Å². The molecule has 0 fully saturated rings. The lowest BCUT2D eigenvalue weighted by Gasteiger charge is -2.23. The number of hydrogen-bond donors (Lipinski definition) is 0. The molecule has 2 aliphatic rings. The highest BCUT2D eigenvalue weighted by molar-refractivity contribution is 9.11. The Morgan fingerprint density at radius 3 is 1.79 bits per heavy atom. The lowest BCUT2D eigenvalue weighted by atomic mass is 10.2. The number of rotatable bonds is 0. The fourth-order valence-corrected chi connectivity index (χ4v) is 7.78. The predicted octanol–water partition coefficient (Wildman–Crippen LogP) is 5.78. The van der Waals surface area contributed by atoms with Crippen molar-refractivity contribution in [2.45, 2.75) is 0 Å². The van der Waals surface area contributed by atoms with Crippen molar-refractivity contribution in [1.82, 2.24) is 18.3 Å². The van der Waals surface area contributed by atoms with E-state index in [-0.39, 0.29) is 43.6 Å². The number of halogens is 5. The first kappa shape index (κ1) is 25.4. The van der Waals surface area contributed by atoms with Crippen LogP contribution < -0.4 is 31.6 Å². The maximum atomic E-state index is 12.7. The molecule has 0 bridgehead atoms. The van der Waals surface area contributed by atoms with E-state index in [1.165, 1.54) is 18.3 Å². The van der Waals surface area contributed by atoms with Gasteiger partial charge in [-0.15, -0.1) is 0 Å². The number of fused-ring (bicyclic) bond motifs is 6. The fraction of sp³-hybridized carbons (Fsp3) is 0.167. The molecule has 0 unspecified atom stereocenters. The van der Waals surface area contributed by atoms with E-state index in [0.29, 0.717) is 58.4 Å². The van der Waals surface area contributed by atoms with Crippen molar-refractivity contribution >= 4 is 104 Å².